The van der Waals surface area contributed by atoms with Gasteiger partial charge in [-0.3, -0.25) is 14.9 Å². The molecule has 1 unspecified atom stereocenters. The molecule has 1 aromatic heterocycles. The predicted octanol–water partition coefficient (Wildman–Crippen LogP) is 2.54. The van der Waals surface area contributed by atoms with E-state index in [2.05, 4.69) is 15.6 Å². The topological polar surface area (TPSA) is 121 Å². The number of ether oxygens (including phenoxy) is 2. The number of nitro groups is 1. The molecule has 4 rings (SSSR count). The first-order chi connectivity index (χ1) is 15.1. The van der Waals surface area contributed by atoms with Crippen molar-refractivity contribution in [2.45, 2.75) is 12.5 Å². The molecule has 10 heteroatoms. The molecule has 10 nitrogen and oxygen atoms in total. The summed E-state index contributed by atoms with van der Waals surface area (Å²) in [5.41, 5.74) is 0.907. The Kier molecular flexibility index (Phi) is 5.97. The fraction of sp³-hybridized carbons (Fsp3) is 0.238. The van der Waals surface area contributed by atoms with Crippen LogP contribution < -0.4 is 20.1 Å². The van der Waals surface area contributed by atoms with Crippen molar-refractivity contribution in [2.75, 3.05) is 25.0 Å². The second-order valence-electron chi connectivity index (χ2n) is 6.91. The quantitative estimate of drug-likeness (QED) is 0.422. The largest absolute Gasteiger partial charge is 0.486 e. The zero-order chi connectivity index (χ0) is 21.6. The van der Waals surface area contributed by atoms with Gasteiger partial charge in [0.25, 0.3) is 5.69 Å². The van der Waals surface area contributed by atoms with E-state index in [9.17, 15) is 14.9 Å². The molecule has 0 saturated heterocycles. The summed E-state index contributed by atoms with van der Waals surface area (Å²) in [6, 6.07) is 12.2. The summed E-state index contributed by atoms with van der Waals surface area (Å²) in [5, 5.41) is 17.2. The molecule has 2 heterocycles. The van der Waals surface area contributed by atoms with E-state index in [0.29, 0.717) is 36.0 Å². The summed E-state index contributed by atoms with van der Waals surface area (Å²) < 4.78 is 13.1. The smallest absolute Gasteiger partial charge is 0.294 e. The van der Waals surface area contributed by atoms with Crippen molar-refractivity contribution in [1.29, 1.82) is 0 Å². The lowest BCUT2D eigenvalue weighted by Gasteiger charge is -2.26. The Morgan fingerprint density at radius 2 is 2.10 bits per heavy atom. The van der Waals surface area contributed by atoms with Crippen LogP contribution in [-0.2, 0) is 4.79 Å². The van der Waals surface area contributed by atoms with Gasteiger partial charge in [-0.1, -0.05) is 12.1 Å². The van der Waals surface area contributed by atoms with E-state index in [1.807, 2.05) is 24.3 Å². The Hall–Kier alpha value is -4.08. The van der Waals surface area contributed by atoms with Crippen LogP contribution in [0.25, 0.3) is 5.69 Å². The first-order valence-electron chi connectivity index (χ1n) is 9.76. The molecule has 0 radical (unpaired) electrons. The second kappa shape index (κ2) is 9.16. The number of imidazole rings is 1. The SMILES string of the molecule is O=C(CCNc1ccc(-n2ccnc2)cc1[N+](=O)[O-])NCC1COc2ccccc2O1. The normalized spacial score (nSPS) is 14.6. The van der Waals surface area contributed by atoms with Crippen LogP contribution >= 0.6 is 0 Å². The van der Waals surface area contributed by atoms with Crippen molar-refractivity contribution < 1.29 is 19.2 Å². The lowest BCUT2D eigenvalue weighted by atomic mass is 10.2. The molecular weight excluding hydrogens is 402 g/mol. The number of nitrogens with one attached hydrogen (secondary N) is 2. The van der Waals surface area contributed by atoms with E-state index < -0.39 is 4.92 Å². The zero-order valence-electron chi connectivity index (χ0n) is 16.6. The Labute approximate surface area is 178 Å². The third-order valence-electron chi connectivity index (χ3n) is 4.74. The molecule has 2 aromatic carbocycles. The van der Waals surface area contributed by atoms with Crippen molar-refractivity contribution in [3.8, 4) is 17.2 Å². The highest BCUT2D eigenvalue weighted by Crippen LogP contribution is 2.30. The van der Waals surface area contributed by atoms with Crippen LogP contribution in [0, 0.1) is 10.1 Å². The number of hydrogen-bond donors (Lipinski definition) is 2. The minimum absolute atomic E-state index is 0.0713. The number of aromatic nitrogens is 2. The Bertz CT molecular complexity index is 1070. The van der Waals surface area contributed by atoms with Gasteiger partial charge < -0.3 is 24.7 Å². The maximum Gasteiger partial charge on any atom is 0.294 e. The van der Waals surface area contributed by atoms with Crippen molar-refractivity contribution in [1.82, 2.24) is 14.9 Å². The first-order valence-corrected chi connectivity index (χ1v) is 9.76. The summed E-state index contributed by atoms with van der Waals surface area (Å²) in [5.74, 6) is 1.16. The van der Waals surface area contributed by atoms with Gasteiger partial charge in [-0.2, -0.15) is 0 Å². The Morgan fingerprint density at radius 1 is 1.26 bits per heavy atom. The number of fused-ring (bicyclic) bond motifs is 1. The average Bonchev–Trinajstić information content (AvgIpc) is 3.32. The van der Waals surface area contributed by atoms with Crippen molar-refractivity contribution in [3.05, 3.63) is 71.3 Å². The number of carbonyl (C=O) groups is 1. The van der Waals surface area contributed by atoms with Crippen LogP contribution in [0.2, 0.25) is 0 Å². The lowest BCUT2D eigenvalue weighted by Crippen LogP contribution is -2.41. The molecule has 31 heavy (non-hydrogen) atoms. The third-order valence-corrected chi connectivity index (χ3v) is 4.74. The molecule has 0 spiro atoms. The summed E-state index contributed by atoms with van der Waals surface area (Å²) in [7, 11) is 0. The highest BCUT2D eigenvalue weighted by Gasteiger charge is 2.21. The van der Waals surface area contributed by atoms with Crippen LogP contribution in [0.3, 0.4) is 0 Å². The fourth-order valence-corrected chi connectivity index (χ4v) is 3.18. The van der Waals surface area contributed by atoms with Crippen molar-refractivity contribution in [2.24, 2.45) is 0 Å². The minimum Gasteiger partial charge on any atom is -0.486 e. The molecule has 1 atom stereocenters. The zero-order valence-corrected chi connectivity index (χ0v) is 16.6. The van der Waals surface area contributed by atoms with Gasteiger partial charge in [0, 0.05) is 31.4 Å². The van der Waals surface area contributed by atoms with E-state index in [1.54, 1.807) is 35.4 Å². The van der Waals surface area contributed by atoms with Crippen molar-refractivity contribution >= 4 is 17.3 Å². The average molecular weight is 423 g/mol. The van der Waals surface area contributed by atoms with Gasteiger partial charge in [-0.05, 0) is 24.3 Å². The molecule has 0 aliphatic carbocycles. The number of hydrogen-bond acceptors (Lipinski definition) is 7. The number of rotatable bonds is 8. The number of anilines is 1. The molecule has 1 aliphatic rings. The second-order valence-corrected chi connectivity index (χ2v) is 6.91. The molecule has 1 amide bonds. The standard InChI is InChI=1S/C21H21N5O5/c27-21(24-12-16-13-30-19-3-1-2-4-20(19)31-16)7-8-23-17-6-5-15(11-18(17)26(28)29)25-10-9-22-14-25/h1-6,9-11,14,16,23H,7-8,12-13H2,(H,24,27). The third kappa shape index (κ3) is 4.92. The Morgan fingerprint density at radius 3 is 2.87 bits per heavy atom. The van der Waals surface area contributed by atoms with Crippen LogP contribution in [0.4, 0.5) is 11.4 Å². The van der Waals surface area contributed by atoms with Gasteiger partial charge in [0.05, 0.1) is 23.5 Å². The van der Waals surface area contributed by atoms with E-state index in [0.717, 1.165) is 0 Å². The lowest BCUT2D eigenvalue weighted by molar-refractivity contribution is -0.383. The van der Waals surface area contributed by atoms with Gasteiger partial charge in [-0.25, -0.2) is 4.98 Å². The number of benzene rings is 2. The molecule has 1 aliphatic heterocycles. The predicted molar refractivity (Wildman–Crippen MR) is 113 cm³/mol. The van der Waals surface area contributed by atoms with Gasteiger partial charge in [0.15, 0.2) is 11.5 Å². The maximum absolute atomic E-state index is 12.2. The number of nitro benzene ring substituents is 1. The maximum atomic E-state index is 12.2. The molecule has 0 bridgehead atoms. The van der Waals surface area contributed by atoms with E-state index in [1.165, 1.54) is 6.07 Å². The molecule has 0 fully saturated rings. The highest BCUT2D eigenvalue weighted by molar-refractivity contribution is 5.76. The monoisotopic (exact) mass is 423 g/mol. The van der Waals surface area contributed by atoms with Crippen LogP contribution in [-0.4, -0.2) is 46.2 Å². The number of amides is 1. The van der Waals surface area contributed by atoms with Crippen molar-refractivity contribution in [3.63, 3.8) is 0 Å². The van der Waals surface area contributed by atoms with E-state index >= 15 is 0 Å². The number of para-hydroxylation sites is 2. The van der Waals surface area contributed by atoms with Gasteiger partial charge in [0.1, 0.15) is 18.4 Å². The molecule has 2 N–H and O–H groups in total. The Balaban J connectivity index is 1.26. The van der Waals surface area contributed by atoms with Gasteiger partial charge in [0.2, 0.25) is 5.91 Å². The van der Waals surface area contributed by atoms with E-state index in [4.69, 9.17) is 9.47 Å². The number of nitrogens with zero attached hydrogens (tertiary/aromatic N) is 3. The summed E-state index contributed by atoms with van der Waals surface area (Å²) >= 11 is 0. The minimum atomic E-state index is -0.457. The molecule has 0 saturated carbocycles. The molecule has 3 aromatic rings. The summed E-state index contributed by atoms with van der Waals surface area (Å²) in [6.07, 6.45) is 4.75. The molecule has 160 valence electrons. The van der Waals surface area contributed by atoms with Crippen LogP contribution in [0.1, 0.15) is 6.42 Å². The first kappa shape index (κ1) is 20.2. The van der Waals surface area contributed by atoms with E-state index in [-0.39, 0.29) is 30.7 Å². The highest BCUT2D eigenvalue weighted by atomic mass is 16.6. The van der Waals surface area contributed by atoms with Crippen LogP contribution in [0.15, 0.2) is 61.2 Å². The molecular formula is C21H21N5O5. The summed E-state index contributed by atoms with van der Waals surface area (Å²) in [4.78, 5) is 27.1. The fourth-order valence-electron chi connectivity index (χ4n) is 3.18. The van der Waals surface area contributed by atoms with Gasteiger partial charge >= 0.3 is 0 Å². The van der Waals surface area contributed by atoms with Gasteiger partial charge in [-0.15, -0.1) is 0 Å². The van der Waals surface area contributed by atoms with Crippen LogP contribution in [0.5, 0.6) is 11.5 Å². The number of carbonyl (C=O) groups excluding carboxylic acids is 1. The summed E-state index contributed by atoms with van der Waals surface area (Å²) in [6.45, 7) is 0.917.